The molecule has 2 unspecified atom stereocenters. The molecular formula is C11H18F3N3. The van der Waals surface area contributed by atoms with Gasteiger partial charge in [-0.15, -0.1) is 0 Å². The van der Waals surface area contributed by atoms with Gasteiger partial charge in [-0.1, -0.05) is 13.8 Å². The Hall–Kier alpha value is -1.04. The average Bonchev–Trinajstić information content (AvgIpc) is 2.73. The molecule has 1 aromatic heterocycles. The van der Waals surface area contributed by atoms with Crippen molar-refractivity contribution in [3.8, 4) is 0 Å². The van der Waals surface area contributed by atoms with E-state index in [-0.39, 0.29) is 12.1 Å². The highest BCUT2D eigenvalue weighted by molar-refractivity contribution is 5.09. The van der Waals surface area contributed by atoms with Crippen LogP contribution < -0.4 is 5.32 Å². The van der Waals surface area contributed by atoms with E-state index in [1.165, 1.54) is 4.68 Å². The third-order valence-corrected chi connectivity index (χ3v) is 2.83. The Kier molecular flexibility index (Phi) is 4.56. The van der Waals surface area contributed by atoms with Crippen LogP contribution in [0.4, 0.5) is 13.2 Å². The second-order valence-corrected chi connectivity index (χ2v) is 4.02. The normalized spacial score (nSPS) is 15.9. The van der Waals surface area contributed by atoms with E-state index in [1.807, 2.05) is 20.8 Å². The van der Waals surface area contributed by atoms with Crippen molar-refractivity contribution in [1.82, 2.24) is 15.1 Å². The van der Waals surface area contributed by atoms with Gasteiger partial charge >= 0.3 is 6.18 Å². The lowest BCUT2D eigenvalue weighted by Crippen LogP contribution is -2.35. The van der Waals surface area contributed by atoms with Gasteiger partial charge in [0, 0.05) is 12.2 Å². The summed E-state index contributed by atoms with van der Waals surface area (Å²) >= 11 is 0. The molecule has 2 atom stereocenters. The number of halogens is 3. The van der Waals surface area contributed by atoms with Gasteiger partial charge in [-0.3, -0.25) is 4.68 Å². The summed E-state index contributed by atoms with van der Waals surface area (Å²) in [6.45, 7) is 6.62. The Bertz CT molecular complexity index is 346. The maximum absolute atomic E-state index is 12.4. The van der Waals surface area contributed by atoms with Crippen molar-refractivity contribution in [2.75, 3.05) is 6.54 Å². The first kappa shape index (κ1) is 14.0. The van der Waals surface area contributed by atoms with Gasteiger partial charge in [0.25, 0.3) is 0 Å². The van der Waals surface area contributed by atoms with Crippen molar-refractivity contribution in [1.29, 1.82) is 0 Å². The fourth-order valence-corrected chi connectivity index (χ4v) is 1.81. The second-order valence-electron chi connectivity index (χ2n) is 4.02. The zero-order chi connectivity index (χ0) is 13.1. The summed E-state index contributed by atoms with van der Waals surface area (Å²) in [5, 5.41) is 7.03. The molecule has 0 saturated heterocycles. The molecule has 0 aromatic carbocycles. The lowest BCUT2D eigenvalue weighted by atomic mass is 10.1. The molecule has 17 heavy (non-hydrogen) atoms. The highest BCUT2D eigenvalue weighted by atomic mass is 19.4. The molecule has 98 valence electrons. The molecule has 6 heteroatoms. The third-order valence-electron chi connectivity index (χ3n) is 2.83. The van der Waals surface area contributed by atoms with Crippen LogP contribution in [0, 0.1) is 0 Å². The van der Waals surface area contributed by atoms with Crippen LogP contribution in [0.1, 0.15) is 38.8 Å². The predicted octanol–water partition coefficient (Wildman–Crippen LogP) is 2.85. The molecule has 3 nitrogen and oxygen atoms in total. The van der Waals surface area contributed by atoms with Crippen LogP contribution in [0.2, 0.25) is 0 Å². The van der Waals surface area contributed by atoms with E-state index in [1.54, 1.807) is 0 Å². The van der Waals surface area contributed by atoms with Crippen molar-refractivity contribution in [3.63, 3.8) is 0 Å². The number of rotatable bonds is 5. The van der Waals surface area contributed by atoms with Gasteiger partial charge in [-0.05, 0) is 19.9 Å². The van der Waals surface area contributed by atoms with Crippen LogP contribution >= 0.6 is 0 Å². The average molecular weight is 249 g/mol. The predicted molar refractivity (Wildman–Crippen MR) is 59.7 cm³/mol. The molecule has 1 aromatic rings. The second kappa shape index (κ2) is 5.53. The Morgan fingerprint density at radius 1 is 1.41 bits per heavy atom. The molecule has 0 fully saturated rings. The number of hydrogen-bond donors (Lipinski definition) is 1. The fourth-order valence-electron chi connectivity index (χ4n) is 1.81. The topological polar surface area (TPSA) is 29.9 Å². The van der Waals surface area contributed by atoms with E-state index < -0.39 is 11.7 Å². The highest BCUT2D eigenvalue weighted by Crippen LogP contribution is 2.29. The van der Waals surface area contributed by atoms with E-state index in [4.69, 9.17) is 0 Å². The smallest absolute Gasteiger partial charge is 0.312 e. The molecule has 1 heterocycles. The van der Waals surface area contributed by atoms with Crippen LogP contribution in [-0.4, -0.2) is 22.4 Å². The van der Waals surface area contributed by atoms with Crippen molar-refractivity contribution in [2.45, 2.75) is 45.5 Å². The molecular weight excluding hydrogens is 231 g/mol. The van der Waals surface area contributed by atoms with E-state index >= 15 is 0 Å². The molecule has 0 saturated carbocycles. The van der Waals surface area contributed by atoms with Crippen LogP contribution in [0.25, 0.3) is 0 Å². The minimum Gasteiger partial charge on any atom is -0.312 e. The number of likely N-dealkylation sites (N-methyl/N-ethyl adjacent to an activating group) is 1. The summed E-state index contributed by atoms with van der Waals surface area (Å²) in [6.07, 6.45) is -1.55. The molecule has 0 amide bonds. The van der Waals surface area contributed by atoms with Crippen molar-refractivity contribution in [2.24, 2.45) is 0 Å². The first-order chi connectivity index (χ1) is 7.90. The van der Waals surface area contributed by atoms with Gasteiger partial charge in [0.2, 0.25) is 0 Å². The molecule has 0 spiro atoms. The number of nitrogens with one attached hydrogen (secondary N) is 1. The lowest BCUT2D eigenvalue weighted by molar-refractivity contribution is -0.137. The Labute approximate surface area is 99.0 Å². The maximum atomic E-state index is 12.4. The van der Waals surface area contributed by atoms with Crippen LogP contribution in [-0.2, 0) is 6.18 Å². The fraction of sp³-hybridized carbons (Fsp3) is 0.727. The van der Waals surface area contributed by atoms with E-state index in [0.717, 1.165) is 25.4 Å². The number of hydrogen-bond acceptors (Lipinski definition) is 2. The minimum absolute atomic E-state index is 0.101. The van der Waals surface area contributed by atoms with E-state index in [2.05, 4.69) is 10.4 Å². The van der Waals surface area contributed by atoms with Gasteiger partial charge < -0.3 is 5.32 Å². The minimum atomic E-state index is -4.32. The standard InChI is InChI=1S/C11H18F3N3/c1-4-10(15-5-2)8(3)17-7-9(6-16-17)11(12,13)14/h6-8,10,15H,4-5H2,1-3H3. The molecule has 0 aliphatic heterocycles. The Morgan fingerprint density at radius 2 is 2.06 bits per heavy atom. The molecule has 1 N–H and O–H groups in total. The van der Waals surface area contributed by atoms with Gasteiger partial charge in [0.05, 0.1) is 17.8 Å². The maximum Gasteiger partial charge on any atom is 0.419 e. The van der Waals surface area contributed by atoms with Gasteiger partial charge in [0.1, 0.15) is 0 Å². The van der Waals surface area contributed by atoms with Gasteiger partial charge in [-0.25, -0.2) is 0 Å². The quantitative estimate of drug-likeness (QED) is 0.869. The van der Waals surface area contributed by atoms with E-state index in [0.29, 0.717) is 0 Å². The largest absolute Gasteiger partial charge is 0.419 e. The zero-order valence-electron chi connectivity index (χ0n) is 10.3. The molecule has 0 aliphatic carbocycles. The van der Waals surface area contributed by atoms with Crippen LogP contribution in [0.15, 0.2) is 12.4 Å². The van der Waals surface area contributed by atoms with Crippen molar-refractivity contribution < 1.29 is 13.2 Å². The monoisotopic (exact) mass is 249 g/mol. The third kappa shape index (κ3) is 3.46. The number of nitrogens with zero attached hydrogens (tertiary/aromatic N) is 2. The summed E-state index contributed by atoms with van der Waals surface area (Å²) in [6, 6.07) is 0.0250. The van der Waals surface area contributed by atoms with Gasteiger partial charge in [0.15, 0.2) is 0 Å². The Balaban J connectivity index is 2.82. The van der Waals surface area contributed by atoms with Crippen molar-refractivity contribution >= 4 is 0 Å². The zero-order valence-corrected chi connectivity index (χ0v) is 10.3. The van der Waals surface area contributed by atoms with E-state index in [9.17, 15) is 13.2 Å². The van der Waals surface area contributed by atoms with Crippen molar-refractivity contribution in [3.05, 3.63) is 18.0 Å². The first-order valence-electron chi connectivity index (χ1n) is 5.74. The van der Waals surface area contributed by atoms with Crippen LogP contribution in [0.3, 0.4) is 0 Å². The first-order valence-corrected chi connectivity index (χ1v) is 5.74. The summed E-state index contributed by atoms with van der Waals surface area (Å²) in [5.74, 6) is 0. The van der Waals surface area contributed by atoms with Gasteiger partial charge in [-0.2, -0.15) is 18.3 Å². The number of aromatic nitrogens is 2. The molecule has 0 bridgehead atoms. The molecule has 0 radical (unpaired) electrons. The number of alkyl halides is 3. The lowest BCUT2D eigenvalue weighted by Gasteiger charge is -2.23. The van der Waals surface area contributed by atoms with Crippen LogP contribution in [0.5, 0.6) is 0 Å². The summed E-state index contributed by atoms with van der Waals surface area (Å²) in [4.78, 5) is 0. The molecule has 1 rings (SSSR count). The Morgan fingerprint density at radius 3 is 2.47 bits per heavy atom. The summed E-state index contributed by atoms with van der Waals surface area (Å²) < 4.78 is 38.7. The summed E-state index contributed by atoms with van der Waals surface area (Å²) in [5.41, 5.74) is -0.698. The summed E-state index contributed by atoms with van der Waals surface area (Å²) in [7, 11) is 0. The molecule has 0 aliphatic rings. The highest BCUT2D eigenvalue weighted by Gasteiger charge is 2.33. The SMILES string of the molecule is CCNC(CC)C(C)n1cc(C(F)(F)F)cn1.